The number of benzene rings is 1. The van der Waals surface area contributed by atoms with Crippen LogP contribution in [0.1, 0.15) is 5.69 Å². The van der Waals surface area contributed by atoms with E-state index >= 15 is 0 Å². The van der Waals surface area contributed by atoms with Crippen LogP contribution in [0.4, 0.5) is 5.13 Å². The summed E-state index contributed by atoms with van der Waals surface area (Å²) in [7, 11) is 3.24. The third-order valence-corrected chi connectivity index (χ3v) is 3.49. The molecule has 0 saturated heterocycles. The molecule has 0 unspecified atom stereocenters. The lowest BCUT2D eigenvalue weighted by atomic mass is 10.1. The third kappa shape index (κ3) is 2.19. The zero-order valence-electron chi connectivity index (χ0n) is 9.98. The van der Waals surface area contributed by atoms with Gasteiger partial charge >= 0.3 is 0 Å². The Bertz CT molecular complexity index is 537. The normalized spacial score (nSPS) is 10.3. The molecule has 0 fully saturated rings. The highest BCUT2D eigenvalue weighted by atomic mass is 32.1. The molecular weight excluding hydrogens is 236 g/mol. The maximum absolute atomic E-state index is 5.69. The number of ether oxygens (including phenoxy) is 2. The van der Waals surface area contributed by atoms with Gasteiger partial charge in [0.2, 0.25) is 0 Å². The predicted octanol–water partition coefficient (Wildman–Crippen LogP) is 2.72. The van der Waals surface area contributed by atoms with Crippen LogP contribution in [0.15, 0.2) is 18.2 Å². The number of nitrogens with two attached hydrogens (primary N) is 1. The quantitative estimate of drug-likeness (QED) is 0.910. The molecule has 0 amide bonds. The summed E-state index contributed by atoms with van der Waals surface area (Å²) >= 11 is 1.47. The minimum atomic E-state index is 0.576. The van der Waals surface area contributed by atoms with Gasteiger partial charge in [-0.2, -0.15) is 0 Å². The Morgan fingerprint density at radius 2 is 1.88 bits per heavy atom. The van der Waals surface area contributed by atoms with E-state index in [2.05, 4.69) is 4.98 Å². The van der Waals surface area contributed by atoms with E-state index in [-0.39, 0.29) is 0 Å². The summed E-state index contributed by atoms with van der Waals surface area (Å²) in [6.07, 6.45) is 0. The van der Waals surface area contributed by atoms with Crippen LogP contribution < -0.4 is 15.2 Å². The first-order valence-corrected chi connectivity index (χ1v) is 5.92. The molecule has 2 N–H and O–H groups in total. The number of hydrogen-bond acceptors (Lipinski definition) is 5. The molecule has 90 valence electrons. The molecule has 0 aliphatic carbocycles. The highest BCUT2D eigenvalue weighted by molar-refractivity contribution is 7.18. The molecule has 1 aromatic heterocycles. The van der Waals surface area contributed by atoms with Crippen molar-refractivity contribution in [3.05, 3.63) is 23.9 Å². The van der Waals surface area contributed by atoms with Gasteiger partial charge in [-0.05, 0) is 30.7 Å². The van der Waals surface area contributed by atoms with E-state index < -0.39 is 0 Å². The number of nitrogen functional groups attached to an aromatic ring is 1. The van der Waals surface area contributed by atoms with Crippen LogP contribution in [0.2, 0.25) is 0 Å². The number of aromatic nitrogens is 1. The lowest BCUT2D eigenvalue weighted by molar-refractivity contribution is 0.355. The van der Waals surface area contributed by atoms with Gasteiger partial charge in [-0.25, -0.2) is 4.98 Å². The van der Waals surface area contributed by atoms with Crippen molar-refractivity contribution < 1.29 is 9.47 Å². The van der Waals surface area contributed by atoms with Crippen LogP contribution in [0.5, 0.6) is 11.5 Å². The maximum atomic E-state index is 5.69. The number of anilines is 1. The van der Waals surface area contributed by atoms with E-state index in [1.54, 1.807) is 14.2 Å². The van der Waals surface area contributed by atoms with E-state index in [9.17, 15) is 0 Å². The first-order valence-electron chi connectivity index (χ1n) is 5.11. The van der Waals surface area contributed by atoms with Gasteiger partial charge in [-0.1, -0.05) is 11.3 Å². The van der Waals surface area contributed by atoms with Gasteiger partial charge in [0, 0.05) is 0 Å². The summed E-state index contributed by atoms with van der Waals surface area (Å²) in [6, 6.07) is 5.78. The first kappa shape index (κ1) is 11.7. The highest BCUT2D eigenvalue weighted by Crippen LogP contribution is 2.36. The first-order chi connectivity index (χ1) is 8.15. The number of thiazole rings is 1. The van der Waals surface area contributed by atoms with Crippen molar-refractivity contribution in [1.29, 1.82) is 0 Å². The maximum Gasteiger partial charge on any atom is 0.180 e. The molecule has 0 atom stereocenters. The number of methoxy groups -OCH3 is 2. The zero-order chi connectivity index (χ0) is 12.4. The van der Waals surface area contributed by atoms with Crippen LogP contribution in [-0.4, -0.2) is 19.2 Å². The molecule has 0 bridgehead atoms. The van der Waals surface area contributed by atoms with Crippen LogP contribution >= 0.6 is 11.3 Å². The molecule has 2 aromatic rings. The van der Waals surface area contributed by atoms with Crippen LogP contribution in [0, 0.1) is 6.92 Å². The second-order valence-electron chi connectivity index (χ2n) is 3.54. The molecule has 0 spiro atoms. The minimum absolute atomic E-state index is 0.576. The summed E-state index contributed by atoms with van der Waals surface area (Å²) < 4.78 is 10.5. The van der Waals surface area contributed by atoms with Crippen molar-refractivity contribution in [2.45, 2.75) is 6.92 Å². The Hall–Kier alpha value is -1.75. The number of hydrogen-bond donors (Lipinski definition) is 1. The molecule has 0 aliphatic rings. The average Bonchev–Trinajstić information content (AvgIpc) is 2.67. The van der Waals surface area contributed by atoms with E-state index in [0.717, 1.165) is 16.1 Å². The van der Waals surface area contributed by atoms with Gasteiger partial charge in [0.1, 0.15) is 0 Å². The van der Waals surface area contributed by atoms with E-state index in [1.807, 2.05) is 25.1 Å². The van der Waals surface area contributed by atoms with Crippen LogP contribution in [0.25, 0.3) is 10.4 Å². The van der Waals surface area contributed by atoms with Crippen LogP contribution in [-0.2, 0) is 0 Å². The minimum Gasteiger partial charge on any atom is -0.493 e. The Morgan fingerprint density at radius 1 is 1.18 bits per heavy atom. The number of aryl methyl sites for hydroxylation is 1. The molecule has 0 saturated carbocycles. The Labute approximate surface area is 104 Å². The van der Waals surface area contributed by atoms with Crippen LogP contribution in [0.3, 0.4) is 0 Å². The Kier molecular flexibility index (Phi) is 3.19. The summed E-state index contributed by atoms with van der Waals surface area (Å²) in [5.41, 5.74) is 7.66. The fourth-order valence-electron chi connectivity index (χ4n) is 1.66. The second kappa shape index (κ2) is 4.63. The average molecular weight is 250 g/mol. The van der Waals surface area contributed by atoms with E-state index in [4.69, 9.17) is 15.2 Å². The SMILES string of the molecule is COc1ccc(-c2sc(N)nc2C)cc1OC. The summed E-state index contributed by atoms with van der Waals surface area (Å²) in [6.45, 7) is 1.94. The lowest BCUT2D eigenvalue weighted by Crippen LogP contribution is -1.90. The van der Waals surface area contributed by atoms with E-state index in [0.29, 0.717) is 16.6 Å². The van der Waals surface area contributed by atoms with Crippen molar-refractivity contribution in [3.63, 3.8) is 0 Å². The molecule has 1 aromatic carbocycles. The molecule has 0 radical (unpaired) electrons. The monoisotopic (exact) mass is 250 g/mol. The molecule has 2 rings (SSSR count). The number of nitrogens with zero attached hydrogens (tertiary/aromatic N) is 1. The summed E-state index contributed by atoms with van der Waals surface area (Å²) in [4.78, 5) is 5.27. The van der Waals surface area contributed by atoms with Gasteiger partial charge in [-0.3, -0.25) is 0 Å². The fraction of sp³-hybridized carbons (Fsp3) is 0.250. The fourth-order valence-corrected chi connectivity index (χ4v) is 2.49. The van der Waals surface area contributed by atoms with Crippen molar-refractivity contribution in [3.8, 4) is 21.9 Å². The Morgan fingerprint density at radius 3 is 2.41 bits per heavy atom. The predicted molar refractivity (Wildman–Crippen MR) is 69.8 cm³/mol. The lowest BCUT2D eigenvalue weighted by Gasteiger charge is -2.08. The number of rotatable bonds is 3. The molecule has 1 heterocycles. The van der Waals surface area contributed by atoms with Crippen molar-refractivity contribution in [2.75, 3.05) is 20.0 Å². The summed E-state index contributed by atoms with van der Waals surface area (Å²) in [5, 5.41) is 0.576. The topological polar surface area (TPSA) is 57.4 Å². The van der Waals surface area contributed by atoms with Gasteiger partial charge in [0.25, 0.3) is 0 Å². The van der Waals surface area contributed by atoms with Gasteiger partial charge in [0.05, 0.1) is 24.8 Å². The molecule has 17 heavy (non-hydrogen) atoms. The van der Waals surface area contributed by atoms with Crippen molar-refractivity contribution >= 4 is 16.5 Å². The zero-order valence-corrected chi connectivity index (χ0v) is 10.8. The molecular formula is C12H14N2O2S. The molecule has 0 aliphatic heterocycles. The second-order valence-corrected chi connectivity index (χ2v) is 4.57. The van der Waals surface area contributed by atoms with Crippen molar-refractivity contribution in [1.82, 2.24) is 4.98 Å². The van der Waals surface area contributed by atoms with Gasteiger partial charge in [-0.15, -0.1) is 0 Å². The standard InChI is InChI=1S/C12H14N2O2S/c1-7-11(17-12(13)14-7)8-4-5-9(15-2)10(6-8)16-3/h4-6H,1-3H3,(H2,13,14). The largest absolute Gasteiger partial charge is 0.493 e. The van der Waals surface area contributed by atoms with E-state index in [1.165, 1.54) is 11.3 Å². The van der Waals surface area contributed by atoms with Crippen molar-refractivity contribution in [2.24, 2.45) is 0 Å². The smallest absolute Gasteiger partial charge is 0.180 e. The molecule has 4 nitrogen and oxygen atoms in total. The van der Waals surface area contributed by atoms with Gasteiger partial charge < -0.3 is 15.2 Å². The summed E-state index contributed by atoms with van der Waals surface area (Å²) in [5.74, 6) is 1.42. The van der Waals surface area contributed by atoms with Gasteiger partial charge in [0.15, 0.2) is 16.6 Å². The third-order valence-electron chi connectivity index (χ3n) is 2.46. The Balaban J connectivity index is 2.50. The highest BCUT2D eigenvalue weighted by Gasteiger charge is 2.11. The molecule has 5 heteroatoms.